The van der Waals surface area contributed by atoms with Gasteiger partial charge in [-0.05, 0) is 12.1 Å². The van der Waals surface area contributed by atoms with Gasteiger partial charge in [0.1, 0.15) is 5.65 Å². The van der Waals surface area contributed by atoms with Gasteiger partial charge in [-0.1, -0.05) is 0 Å². The average Bonchev–Trinajstić information content (AvgIpc) is 2.58. The number of aromatic nitrogens is 2. The van der Waals surface area contributed by atoms with Crippen molar-refractivity contribution in [2.75, 3.05) is 7.11 Å². The molecule has 0 unspecified atom stereocenters. The SMILES string of the molecule is COc1nc2[nH]c(C=O)cc2cc1F. The summed E-state index contributed by atoms with van der Waals surface area (Å²) in [5, 5.41) is 0.547. The molecule has 2 heterocycles. The van der Waals surface area contributed by atoms with Crippen molar-refractivity contribution in [1.82, 2.24) is 9.97 Å². The van der Waals surface area contributed by atoms with E-state index < -0.39 is 5.82 Å². The zero-order valence-corrected chi connectivity index (χ0v) is 7.37. The van der Waals surface area contributed by atoms with Gasteiger partial charge in [0, 0.05) is 5.39 Å². The smallest absolute Gasteiger partial charge is 0.252 e. The Morgan fingerprint density at radius 1 is 1.57 bits per heavy atom. The van der Waals surface area contributed by atoms with Gasteiger partial charge in [0.15, 0.2) is 12.1 Å². The first-order valence-corrected chi connectivity index (χ1v) is 3.93. The zero-order valence-electron chi connectivity index (χ0n) is 7.37. The zero-order chi connectivity index (χ0) is 10.1. The molecule has 2 aromatic rings. The molecule has 4 nitrogen and oxygen atoms in total. The topological polar surface area (TPSA) is 55.0 Å². The molecule has 14 heavy (non-hydrogen) atoms. The van der Waals surface area contributed by atoms with E-state index in [9.17, 15) is 9.18 Å². The number of carbonyl (C=O) groups excluding carboxylic acids is 1. The van der Waals surface area contributed by atoms with Crippen LogP contribution in [0, 0.1) is 5.82 Å². The van der Waals surface area contributed by atoms with Crippen LogP contribution in [0.3, 0.4) is 0 Å². The molecule has 0 radical (unpaired) electrons. The highest BCUT2D eigenvalue weighted by atomic mass is 19.1. The molecule has 0 atom stereocenters. The van der Waals surface area contributed by atoms with Crippen LogP contribution in [0.5, 0.6) is 5.88 Å². The summed E-state index contributed by atoms with van der Waals surface area (Å²) in [6.07, 6.45) is 0.645. The van der Waals surface area contributed by atoms with Crippen molar-refractivity contribution in [3.05, 3.63) is 23.6 Å². The quantitative estimate of drug-likeness (QED) is 0.737. The number of rotatable bonds is 2. The molecule has 0 saturated carbocycles. The van der Waals surface area contributed by atoms with Gasteiger partial charge in [-0.3, -0.25) is 4.79 Å². The van der Waals surface area contributed by atoms with E-state index in [1.807, 2.05) is 0 Å². The van der Waals surface area contributed by atoms with Crippen LogP contribution < -0.4 is 4.74 Å². The van der Waals surface area contributed by atoms with E-state index in [1.54, 1.807) is 0 Å². The lowest BCUT2D eigenvalue weighted by atomic mass is 10.3. The number of nitrogens with one attached hydrogen (secondary N) is 1. The van der Waals surface area contributed by atoms with E-state index in [0.29, 0.717) is 23.0 Å². The summed E-state index contributed by atoms with van der Waals surface area (Å²) in [7, 11) is 1.33. The number of methoxy groups -OCH3 is 1. The summed E-state index contributed by atoms with van der Waals surface area (Å²) in [6.45, 7) is 0. The maximum absolute atomic E-state index is 13.1. The van der Waals surface area contributed by atoms with Crippen molar-refractivity contribution in [2.45, 2.75) is 0 Å². The molecule has 0 amide bonds. The molecule has 1 N–H and O–H groups in total. The highest BCUT2D eigenvalue weighted by Gasteiger charge is 2.08. The first-order valence-electron chi connectivity index (χ1n) is 3.93. The van der Waals surface area contributed by atoms with E-state index in [0.717, 1.165) is 0 Å². The van der Waals surface area contributed by atoms with Crippen molar-refractivity contribution in [3.63, 3.8) is 0 Å². The summed E-state index contributed by atoms with van der Waals surface area (Å²) in [5.41, 5.74) is 0.797. The van der Waals surface area contributed by atoms with E-state index in [1.165, 1.54) is 19.2 Å². The lowest BCUT2D eigenvalue weighted by Gasteiger charge is -1.99. The second-order valence-corrected chi connectivity index (χ2v) is 2.76. The van der Waals surface area contributed by atoms with E-state index >= 15 is 0 Å². The van der Waals surface area contributed by atoms with Gasteiger partial charge in [0.25, 0.3) is 5.88 Å². The lowest BCUT2D eigenvalue weighted by molar-refractivity contribution is 0.111. The molecule has 0 aliphatic carbocycles. The number of hydrogen-bond donors (Lipinski definition) is 1. The second kappa shape index (κ2) is 3.10. The van der Waals surface area contributed by atoms with E-state index in [2.05, 4.69) is 9.97 Å². The largest absolute Gasteiger partial charge is 0.479 e. The number of pyridine rings is 1. The minimum Gasteiger partial charge on any atom is -0.479 e. The van der Waals surface area contributed by atoms with Crippen LogP contribution in [0.25, 0.3) is 11.0 Å². The number of H-pyrrole nitrogens is 1. The van der Waals surface area contributed by atoms with Crippen molar-refractivity contribution >= 4 is 17.3 Å². The number of halogens is 1. The molecule has 72 valence electrons. The molecule has 0 aromatic carbocycles. The third-order valence-corrected chi connectivity index (χ3v) is 1.87. The van der Waals surface area contributed by atoms with Crippen LogP contribution >= 0.6 is 0 Å². The summed E-state index contributed by atoms with van der Waals surface area (Å²) in [5.74, 6) is -0.631. The predicted molar refractivity (Wildman–Crippen MR) is 48.0 cm³/mol. The van der Waals surface area contributed by atoms with Gasteiger partial charge >= 0.3 is 0 Å². The Labute approximate surface area is 78.7 Å². The van der Waals surface area contributed by atoms with Crippen molar-refractivity contribution in [3.8, 4) is 5.88 Å². The Morgan fingerprint density at radius 2 is 2.36 bits per heavy atom. The summed E-state index contributed by atoms with van der Waals surface area (Å²) in [4.78, 5) is 17.0. The third kappa shape index (κ3) is 1.22. The Balaban J connectivity index is 2.69. The lowest BCUT2D eigenvalue weighted by Crippen LogP contribution is -1.91. The number of hydrogen-bond acceptors (Lipinski definition) is 3. The number of aldehydes is 1. The Morgan fingerprint density at radius 3 is 3.00 bits per heavy atom. The van der Waals surface area contributed by atoms with Crippen LogP contribution in [0.15, 0.2) is 12.1 Å². The Bertz CT molecular complexity index is 493. The molecular formula is C9H7FN2O2. The fourth-order valence-corrected chi connectivity index (χ4v) is 1.24. The number of carbonyl (C=O) groups is 1. The minimum absolute atomic E-state index is 0.0863. The second-order valence-electron chi connectivity index (χ2n) is 2.76. The number of fused-ring (bicyclic) bond motifs is 1. The monoisotopic (exact) mass is 194 g/mol. The summed E-state index contributed by atoms with van der Waals surface area (Å²) < 4.78 is 17.8. The van der Waals surface area contributed by atoms with Crippen LogP contribution in [0.4, 0.5) is 4.39 Å². The molecule has 0 saturated heterocycles. The van der Waals surface area contributed by atoms with Gasteiger partial charge in [-0.25, -0.2) is 4.39 Å². The first-order chi connectivity index (χ1) is 6.74. The molecule has 2 rings (SSSR count). The Hall–Kier alpha value is -1.91. The molecule has 2 aromatic heterocycles. The minimum atomic E-state index is -0.545. The highest BCUT2D eigenvalue weighted by Crippen LogP contribution is 2.20. The van der Waals surface area contributed by atoms with Gasteiger partial charge in [0.2, 0.25) is 0 Å². The van der Waals surface area contributed by atoms with Gasteiger partial charge < -0.3 is 9.72 Å². The fraction of sp³-hybridized carbons (Fsp3) is 0.111. The molecule has 5 heteroatoms. The Kier molecular flexibility index (Phi) is 1.92. The van der Waals surface area contributed by atoms with Gasteiger partial charge in [0.05, 0.1) is 12.8 Å². The number of aromatic amines is 1. The normalized spacial score (nSPS) is 10.4. The first kappa shape index (κ1) is 8.68. The highest BCUT2D eigenvalue weighted by molar-refractivity contribution is 5.85. The van der Waals surface area contributed by atoms with Crippen molar-refractivity contribution < 1.29 is 13.9 Å². The van der Waals surface area contributed by atoms with Crippen LogP contribution in [-0.4, -0.2) is 23.4 Å². The predicted octanol–water partition coefficient (Wildman–Crippen LogP) is 1.52. The standard InChI is InChI=1S/C9H7FN2O2/c1-14-9-7(10)3-5-2-6(4-13)11-8(5)12-9/h2-4H,1H3,(H,11,12). The van der Waals surface area contributed by atoms with Crippen molar-refractivity contribution in [1.29, 1.82) is 0 Å². The summed E-state index contributed by atoms with van der Waals surface area (Å²) >= 11 is 0. The van der Waals surface area contributed by atoms with Crippen LogP contribution in [-0.2, 0) is 0 Å². The van der Waals surface area contributed by atoms with E-state index in [4.69, 9.17) is 4.74 Å². The molecule has 0 aliphatic heterocycles. The van der Waals surface area contributed by atoms with Crippen LogP contribution in [0.1, 0.15) is 10.5 Å². The van der Waals surface area contributed by atoms with Crippen molar-refractivity contribution in [2.24, 2.45) is 0 Å². The van der Waals surface area contributed by atoms with Gasteiger partial charge in [-0.2, -0.15) is 4.98 Å². The maximum Gasteiger partial charge on any atom is 0.252 e. The van der Waals surface area contributed by atoms with Crippen LogP contribution in [0.2, 0.25) is 0 Å². The molecule has 0 bridgehead atoms. The summed E-state index contributed by atoms with van der Waals surface area (Å²) in [6, 6.07) is 2.79. The third-order valence-electron chi connectivity index (χ3n) is 1.87. The van der Waals surface area contributed by atoms with E-state index in [-0.39, 0.29) is 5.88 Å². The molecule has 0 spiro atoms. The number of nitrogens with zero attached hydrogens (tertiary/aromatic N) is 1. The molecular weight excluding hydrogens is 187 g/mol. The number of ether oxygens (including phenoxy) is 1. The maximum atomic E-state index is 13.1. The molecule has 0 fully saturated rings. The molecule has 0 aliphatic rings. The van der Waals surface area contributed by atoms with Gasteiger partial charge in [-0.15, -0.1) is 0 Å². The fourth-order valence-electron chi connectivity index (χ4n) is 1.24. The average molecular weight is 194 g/mol.